The monoisotopic (exact) mass is 267 g/mol. The molecule has 1 aromatic rings. The quantitative estimate of drug-likeness (QED) is 0.645. The highest BCUT2D eigenvalue weighted by Gasteiger charge is 2.19. The Balaban J connectivity index is 3.13. The van der Waals surface area contributed by atoms with Crippen LogP contribution in [0.15, 0.2) is 23.1 Å². The zero-order valence-electron chi connectivity index (χ0n) is 11.9. The summed E-state index contributed by atoms with van der Waals surface area (Å²) < 4.78 is 0. The molecule has 0 radical (unpaired) electrons. The number of nitrogens with zero attached hydrogens (tertiary/aromatic N) is 1. The van der Waals surface area contributed by atoms with Crippen LogP contribution >= 0.6 is 12.6 Å². The van der Waals surface area contributed by atoms with Crippen molar-refractivity contribution in [2.45, 2.75) is 43.9 Å². The molecule has 0 saturated carbocycles. The molecule has 0 bridgehead atoms. The molecule has 1 rings (SSSR count). The second-order valence-electron chi connectivity index (χ2n) is 5.91. The first kappa shape index (κ1) is 14.8. The number of rotatable bonds is 4. The fraction of sp³-hybridized carbons (Fsp3) is 0.571. The molecule has 0 amide bonds. The van der Waals surface area contributed by atoms with Crippen LogP contribution in [0.3, 0.4) is 0 Å². The van der Waals surface area contributed by atoms with Crippen molar-refractivity contribution >= 4 is 25.9 Å². The summed E-state index contributed by atoms with van der Waals surface area (Å²) in [6.07, 6.45) is 1.12. The first-order valence-corrected chi connectivity index (χ1v) is 10.2. The molecule has 1 atom stereocenters. The van der Waals surface area contributed by atoms with Gasteiger partial charge in [-0.1, -0.05) is 43.9 Å². The normalized spacial score (nSPS) is 14.1. The first-order valence-electron chi connectivity index (χ1n) is 6.27. The van der Waals surface area contributed by atoms with Gasteiger partial charge in [-0.2, -0.15) is 0 Å². The Labute approximate surface area is 113 Å². The van der Waals surface area contributed by atoms with Gasteiger partial charge in [0.25, 0.3) is 0 Å². The van der Waals surface area contributed by atoms with Crippen molar-refractivity contribution in [3.8, 4) is 0 Å². The van der Waals surface area contributed by atoms with E-state index in [0.717, 1.165) is 11.3 Å². The van der Waals surface area contributed by atoms with Gasteiger partial charge in [0.1, 0.15) is 0 Å². The molecule has 0 aromatic heterocycles. The molecule has 0 heterocycles. The predicted molar refractivity (Wildman–Crippen MR) is 83.4 cm³/mol. The van der Waals surface area contributed by atoms with Crippen molar-refractivity contribution in [3.63, 3.8) is 0 Å². The molecule has 0 aliphatic rings. The summed E-state index contributed by atoms with van der Waals surface area (Å²) in [5.74, 6) is 0. The molecule has 0 fully saturated rings. The van der Waals surface area contributed by atoms with E-state index in [2.05, 4.69) is 76.4 Å². The number of thiol groups is 1. The largest absolute Gasteiger partial charge is 0.302 e. The van der Waals surface area contributed by atoms with E-state index in [-0.39, 0.29) is 0 Å². The van der Waals surface area contributed by atoms with Crippen LogP contribution in [0.2, 0.25) is 19.6 Å². The molecule has 17 heavy (non-hydrogen) atoms. The number of benzene rings is 1. The van der Waals surface area contributed by atoms with E-state index in [9.17, 15) is 0 Å². The molecular weight excluding hydrogens is 242 g/mol. The Morgan fingerprint density at radius 1 is 1.24 bits per heavy atom. The van der Waals surface area contributed by atoms with Crippen molar-refractivity contribution in [2.24, 2.45) is 0 Å². The van der Waals surface area contributed by atoms with Crippen LogP contribution in [-0.2, 0) is 0 Å². The van der Waals surface area contributed by atoms with E-state index >= 15 is 0 Å². The van der Waals surface area contributed by atoms with Gasteiger partial charge in [0.15, 0.2) is 0 Å². The van der Waals surface area contributed by atoms with E-state index in [1.165, 1.54) is 10.8 Å². The van der Waals surface area contributed by atoms with Crippen LogP contribution < -0.4 is 5.19 Å². The maximum absolute atomic E-state index is 4.68. The standard InChI is InChI=1S/C14H25NSSi/c1-7-13(15(2)3)12-9-8-11(10-14(12)16)17(4,5)6/h8-10,13,16H,7H2,1-6H3/t13-/m1/s1. The average molecular weight is 268 g/mol. The average Bonchev–Trinajstić information content (AvgIpc) is 2.19. The lowest BCUT2D eigenvalue weighted by Gasteiger charge is -2.26. The Morgan fingerprint density at radius 3 is 2.18 bits per heavy atom. The summed E-state index contributed by atoms with van der Waals surface area (Å²) in [5.41, 5.74) is 1.35. The summed E-state index contributed by atoms with van der Waals surface area (Å²) in [4.78, 5) is 3.41. The van der Waals surface area contributed by atoms with Gasteiger partial charge in [-0.05, 0) is 32.1 Å². The third kappa shape index (κ3) is 3.60. The van der Waals surface area contributed by atoms with Crippen molar-refractivity contribution in [1.82, 2.24) is 4.90 Å². The van der Waals surface area contributed by atoms with Crippen LogP contribution in [0.5, 0.6) is 0 Å². The van der Waals surface area contributed by atoms with Crippen molar-refractivity contribution in [1.29, 1.82) is 0 Å². The molecule has 0 N–H and O–H groups in total. The predicted octanol–water partition coefficient (Wildman–Crippen LogP) is 3.53. The van der Waals surface area contributed by atoms with E-state index in [1.807, 2.05) is 0 Å². The zero-order valence-corrected chi connectivity index (χ0v) is 13.8. The zero-order chi connectivity index (χ0) is 13.2. The second kappa shape index (κ2) is 5.59. The maximum Gasteiger partial charge on any atom is 0.0776 e. The summed E-state index contributed by atoms with van der Waals surface area (Å²) in [7, 11) is 3.04. The van der Waals surface area contributed by atoms with E-state index in [1.54, 1.807) is 0 Å². The SMILES string of the molecule is CC[C@H](c1ccc([Si](C)(C)C)cc1S)N(C)C. The lowest BCUT2D eigenvalue weighted by Crippen LogP contribution is -2.37. The highest BCUT2D eigenvalue weighted by atomic mass is 32.1. The smallest absolute Gasteiger partial charge is 0.0776 e. The lowest BCUT2D eigenvalue weighted by molar-refractivity contribution is 0.288. The maximum atomic E-state index is 4.68. The highest BCUT2D eigenvalue weighted by Crippen LogP contribution is 2.27. The molecule has 96 valence electrons. The van der Waals surface area contributed by atoms with Gasteiger partial charge in [0, 0.05) is 10.9 Å². The summed E-state index contributed by atoms with van der Waals surface area (Å²) in [5, 5.41) is 1.49. The highest BCUT2D eigenvalue weighted by molar-refractivity contribution is 7.80. The third-order valence-corrected chi connectivity index (χ3v) is 5.70. The number of hydrogen-bond donors (Lipinski definition) is 1. The Morgan fingerprint density at radius 2 is 1.82 bits per heavy atom. The molecule has 0 saturated heterocycles. The first-order chi connectivity index (χ1) is 7.77. The third-order valence-electron chi connectivity index (χ3n) is 3.27. The van der Waals surface area contributed by atoms with Gasteiger partial charge < -0.3 is 4.90 Å². The van der Waals surface area contributed by atoms with Gasteiger partial charge in [-0.15, -0.1) is 12.6 Å². The minimum Gasteiger partial charge on any atom is -0.302 e. The van der Waals surface area contributed by atoms with Gasteiger partial charge >= 0.3 is 0 Å². The lowest BCUT2D eigenvalue weighted by atomic mass is 10.0. The second-order valence-corrected chi connectivity index (χ2v) is 11.5. The summed E-state index contributed by atoms with van der Waals surface area (Å²) in [6, 6.07) is 7.31. The van der Waals surface area contributed by atoms with Crippen LogP contribution in [0.1, 0.15) is 24.9 Å². The van der Waals surface area contributed by atoms with E-state index in [4.69, 9.17) is 0 Å². The topological polar surface area (TPSA) is 3.24 Å². The van der Waals surface area contributed by atoms with Crippen molar-refractivity contribution in [3.05, 3.63) is 23.8 Å². The molecular formula is C14H25NSSi. The number of hydrogen-bond acceptors (Lipinski definition) is 2. The van der Waals surface area contributed by atoms with Crippen LogP contribution in [0.25, 0.3) is 0 Å². The van der Waals surface area contributed by atoms with E-state index in [0.29, 0.717) is 6.04 Å². The Hall–Kier alpha value is -0.253. The molecule has 0 aliphatic heterocycles. The van der Waals surface area contributed by atoms with Crippen molar-refractivity contribution < 1.29 is 0 Å². The van der Waals surface area contributed by atoms with Gasteiger partial charge in [-0.3, -0.25) is 0 Å². The minimum absolute atomic E-state index is 0.471. The molecule has 3 heteroatoms. The molecule has 0 spiro atoms. The molecule has 1 nitrogen and oxygen atoms in total. The summed E-state index contributed by atoms with van der Waals surface area (Å²) in [6.45, 7) is 9.35. The van der Waals surface area contributed by atoms with E-state index < -0.39 is 8.07 Å². The van der Waals surface area contributed by atoms with Crippen LogP contribution in [-0.4, -0.2) is 27.1 Å². The van der Waals surface area contributed by atoms with Crippen LogP contribution in [0, 0.1) is 0 Å². The van der Waals surface area contributed by atoms with Gasteiger partial charge in [-0.25, -0.2) is 0 Å². The Bertz CT molecular complexity index is 382. The van der Waals surface area contributed by atoms with Gasteiger partial charge in [0.05, 0.1) is 8.07 Å². The van der Waals surface area contributed by atoms with Crippen LogP contribution in [0.4, 0.5) is 0 Å². The minimum atomic E-state index is -1.22. The van der Waals surface area contributed by atoms with Crippen molar-refractivity contribution in [2.75, 3.05) is 14.1 Å². The Kier molecular flexibility index (Phi) is 4.87. The molecule has 0 unspecified atom stereocenters. The fourth-order valence-corrected chi connectivity index (χ4v) is 3.80. The molecule has 0 aliphatic carbocycles. The fourth-order valence-electron chi connectivity index (χ4n) is 2.16. The van der Waals surface area contributed by atoms with Gasteiger partial charge in [0.2, 0.25) is 0 Å². The molecule has 1 aromatic carbocycles. The summed E-state index contributed by atoms with van der Waals surface area (Å²) >= 11 is 4.68.